The van der Waals surface area contributed by atoms with E-state index in [1.165, 1.54) is 6.20 Å². The number of halogens is 1. The highest BCUT2D eigenvalue weighted by molar-refractivity contribution is 9.10. The van der Waals surface area contributed by atoms with Crippen molar-refractivity contribution in [2.45, 2.75) is 13.0 Å². The van der Waals surface area contributed by atoms with Crippen LogP contribution in [0.3, 0.4) is 0 Å². The topological polar surface area (TPSA) is 70.4 Å². The largest absolute Gasteiger partial charge is 0.470 e. The lowest BCUT2D eigenvalue weighted by molar-refractivity contribution is -0.149. The summed E-state index contributed by atoms with van der Waals surface area (Å²) >= 11 is 3.33. The summed E-state index contributed by atoms with van der Waals surface area (Å²) < 4.78 is 13.1. The van der Waals surface area contributed by atoms with Crippen LogP contribution in [-0.4, -0.2) is 34.2 Å². The third kappa shape index (κ3) is 4.62. The van der Waals surface area contributed by atoms with Gasteiger partial charge in [0, 0.05) is 10.7 Å². The molecule has 0 spiro atoms. The molecule has 2 aromatic carbocycles. The lowest BCUT2D eigenvalue weighted by Crippen LogP contribution is -2.37. The molecular formula is C20H17BrN2O4. The predicted octanol–water partition coefficient (Wildman–Crippen LogP) is 3.83. The van der Waals surface area contributed by atoms with Gasteiger partial charge in [0.25, 0.3) is 6.10 Å². The van der Waals surface area contributed by atoms with E-state index in [1.54, 1.807) is 42.1 Å². The molecule has 7 heteroatoms. The summed E-state index contributed by atoms with van der Waals surface area (Å²) in [6, 6.07) is 16.2. The van der Waals surface area contributed by atoms with E-state index in [4.69, 9.17) is 9.47 Å². The zero-order chi connectivity index (χ0) is 19.2. The van der Waals surface area contributed by atoms with Gasteiger partial charge in [-0.1, -0.05) is 34.1 Å². The number of carbonyl (C=O) groups is 2. The van der Waals surface area contributed by atoms with Crippen LogP contribution in [0.25, 0.3) is 5.69 Å². The van der Waals surface area contributed by atoms with E-state index in [9.17, 15) is 9.59 Å². The lowest BCUT2D eigenvalue weighted by atomic mass is 10.1. The molecule has 27 heavy (non-hydrogen) atoms. The fourth-order valence-corrected chi connectivity index (χ4v) is 2.66. The normalized spacial score (nSPS) is 11.6. The Balaban J connectivity index is 1.85. The Kier molecular flexibility index (Phi) is 6.03. The van der Waals surface area contributed by atoms with Gasteiger partial charge in [-0.3, -0.25) is 4.79 Å². The Bertz CT molecular complexity index is 923. The van der Waals surface area contributed by atoms with Crippen molar-refractivity contribution in [3.05, 3.63) is 77.0 Å². The number of ketones is 1. The number of aromatic nitrogens is 2. The minimum atomic E-state index is -1.40. The molecule has 0 fully saturated rings. The van der Waals surface area contributed by atoms with Gasteiger partial charge in [0.05, 0.1) is 24.1 Å². The number of nitrogens with zero attached hydrogens (tertiary/aromatic N) is 2. The summed E-state index contributed by atoms with van der Waals surface area (Å²) in [6.45, 7) is 1.82. The Morgan fingerprint density at radius 2 is 1.81 bits per heavy atom. The molecule has 0 aliphatic heterocycles. The van der Waals surface area contributed by atoms with Crippen LogP contribution >= 0.6 is 15.9 Å². The number of carbonyl (C=O) groups excluding carboxylic acids is 2. The molecule has 0 N–H and O–H groups in total. The SMILES string of the molecule is CCOC(=O)C(Oc1ccc(Br)cc1)C(=O)c1cnn(-c2ccccc2)c1. The van der Waals surface area contributed by atoms with Crippen LogP contribution in [0.2, 0.25) is 0 Å². The predicted molar refractivity (Wildman–Crippen MR) is 103 cm³/mol. The Morgan fingerprint density at radius 1 is 1.11 bits per heavy atom. The maximum Gasteiger partial charge on any atom is 0.355 e. The summed E-state index contributed by atoms with van der Waals surface area (Å²) in [5.74, 6) is -0.864. The Morgan fingerprint density at radius 3 is 2.48 bits per heavy atom. The molecule has 0 bridgehead atoms. The molecule has 138 valence electrons. The van der Waals surface area contributed by atoms with E-state index in [0.29, 0.717) is 5.75 Å². The molecule has 0 aliphatic rings. The van der Waals surface area contributed by atoms with Gasteiger partial charge >= 0.3 is 5.97 Å². The van der Waals surface area contributed by atoms with Gasteiger partial charge in [0.1, 0.15) is 5.75 Å². The van der Waals surface area contributed by atoms with Gasteiger partial charge in [0.2, 0.25) is 5.78 Å². The minimum Gasteiger partial charge on any atom is -0.470 e. The van der Waals surface area contributed by atoms with E-state index in [0.717, 1.165) is 10.2 Å². The Hall–Kier alpha value is -2.93. The number of rotatable bonds is 7. The van der Waals surface area contributed by atoms with Gasteiger partial charge in [-0.05, 0) is 43.3 Å². The third-order valence-electron chi connectivity index (χ3n) is 3.69. The number of Topliss-reactive ketones (excluding diaryl/α,β-unsaturated/α-hetero) is 1. The van der Waals surface area contributed by atoms with Gasteiger partial charge in [-0.25, -0.2) is 9.48 Å². The smallest absolute Gasteiger partial charge is 0.355 e. The van der Waals surface area contributed by atoms with Crippen LogP contribution in [0.5, 0.6) is 5.75 Å². The first-order chi connectivity index (χ1) is 13.1. The quantitative estimate of drug-likeness (QED) is 0.325. The fourth-order valence-electron chi connectivity index (χ4n) is 2.40. The van der Waals surface area contributed by atoms with Crippen molar-refractivity contribution in [3.8, 4) is 11.4 Å². The first kappa shape index (κ1) is 18.8. The molecule has 3 rings (SSSR count). The maximum atomic E-state index is 12.9. The summed E-state index contributed by atoms with van der Waals surface area (Å²) in [5.41, 5.74) is 1.06. The standard InChI is InChI=1S/C20H17BrN2O4/c1-2-26-20(25)19(27-17-10-8-15(21)9-11-17)18(24)14-12-22-23(13-14)16-6-4-3-5-7-16/h3-13,19H,2H2,1H3. The zero-order valence-corrected chi connectivity index (χ0v) is 16.1. The second kappa shape index (κ2) is 8.64. The van der Waals surface area contributed by atoms with Crippen LogP contribution in [0.15, 0.2) is 71.5 Å². The van der Waals surface area contributed by atoms with E-state index >= 15 is 0 Å². The summed E-state index contributed by atoms with van der Waals surface area (Å²) in [6.07, 6.45) is 1.57. The number of benzene rings is 2. The van der Waals surface area contributed by atoms with Crippen molar-refractivity contribution >= 4 is 27.7 Å². The zero-order valence-electron chi connectivity index (χ0n) is 14.5. The molecule has 0 aliphatic carbocycles. The lowest BCUT2D eigenvalue weighted by Gasteiger charge is -2.16. The summed E-state index contributed by atoms with van der Waals surface area (Å²) in [5, 5.41) is 4.20. The van der Waals surface area contributed by atoms with E-state index in [-0.39, 0.29) is 12.2 Å². The molecule has 0 radical (unpaired) electrons. The second-order valence-corrected chi connectivity index (χ2v) is 6.49. The molecular weight excluding hydrogens is 412 g/mol. The van der Waals surface area contributed by atoms with Gasteiger partial charge in [0.15, 0.2) is 0 Å². The fraction of sp³-hybridized carbons (Fsp3) is 0.150. The highest BCUT2D eigenvalue weighted by Gasteiger charge is 2.32. The third-order valence-corrected chi connectivity index (χ3v) is 4.22. The van der Waals surface area contributed by atoms with Crippen molar-refractivity contribution in [2.75, 3.05) is 6.61 Å². The van der Waals surface area contributed by atoms with Gasteiger partial charge in [-0.2, -0.15) is 5.10 Å². The molecule has 6 nitrogen and oxygen atoms in total. The van der Waals surface area contributed by atoms with Gasteiger partial charge < -0.3 is 9.47 Å². The van der Waals surface area contributed by atoms with E-state index in [2.05, 4.69) is 21.0 Å². The number of hydrogen-bond acceptors (Lipinski definition) is 5. The number of hydrogen-bond donors (Lipinski definition) is 0. The van der Waals surface area contributed by atoms with Crippen LogP contribution in [0, 0.1) is 0 Å². The average Bonchev–Trinajstić information content (AvgIpc) is 3.18. The van der Waals surface area contributed by atoms with Crippen LogP contribution in [-0.2, 0) is 9.53 Å². The van der Waals surface area contributed by atoms with Crippen molar-refractivity contribution < 1.29 is 19.1 Å². The first-order valence-corrected chi connectivity index (χ1v) is 9.11. The van der Waals surface area contributed by atoms with Gasteiger partial charge in [-0.15, -0.1) is 0 Å². The summed E-state index contributed by atoms with van der Waals surface area (Å²) in [4.78, 5) is 25.2. The average molecular weight is 429 g/mol. The van der Waals surface area contributed by atoms with Crippen LogP contribution < -0.4 is 4.74 Å². The highest BCUT2D eigenvalue weighted by Crippen LogP contribution is 2.19. The highest BCUT2D eigenvalue weighted by atomic mass is 79.9. The minimum absolute atomic E-state index is 0.148. The number of ether oxygens (including phenoxy) is 2. The molecule has 1 heterocycles. The first-order valence-electron chi connectivity index (χ1n) is 8.31. The van der Waals surface area contributed by atoms with E-state index < -0.39 is 17.9 Å². The van der Waals surface area contributed by atoms with Crippen molar-refractivity contribution in [1.82, 2.24) is 9.78 Å². The monoisotopic (exact) mass is 428 g/mol. The molecule has 1 aromatic heterocycles. The second-order valence-electron chi connectivity index (χ2n) is 5.58. The molecule has 1 unspecified atom stereocenters. The van der Waals surface area contributed by atoms with Crippen LogP contribution in [0.1, 0.15) is 17.3 Å². The summed E-state index contributed by atoms with van der Waals surface area (Å²) in [7, 11) is 0. The maximum absolute atomic E-state index is 12.9. The van der Waals surface area contributed by atoms with Crippen LogP contribution in [0.4, 0.5) is 0 Å². The van der Waals surface area contributed by atoms with Crippen molar-refractivity contribution in [1.29, 1.82) is 0 Å². The Labute approximate surface area is 164 Å². The number of para-hydroxylation sites is 1. The van der Waals surface area contributed by atoms with E-state index in [1.807, 2.05) is 30.3 Å². The molecule has 1 atom stereocenters. The molecule has 0 saturated heterocycles. The molecule has 0 saturated carbocycles. The van der Waals surface area contributed by atoms with Crippen molar-refractivity contribution in [3.63, 3.8) is 0 Å². The van der Waals surface area contributed by atoms with Crippen molar-refractivity contribution in [2.24, 2.45) is 0 Å². The molecule has 0 amide bonds. The molecule has 3 aromatic rings. The number of esters is 1.